The van der Waals surface area contributed by atoms with Crippen molar-refractivity contribution >= 4 is 54.7 Å². The first kappa shape index (κ1) is 18.8. The molecule has 0 spiro atoms. The van der Waals surface area contributed by atoms with Gasteiger partial charge in [0.15, 0.2) is 9.84 Å². The van der Waals surface area contributed by atoms with Gasteiger partial charge in [0.25, 0.3) is 0 Å². The molecule has 6 nitrogen and oxygen atoms in total. The Labute approximate surface area is 160 Å². The highest BCUT2D eigenvalue weighted by Gasteiger charge is 2.14. The number of anilines is 1. The smallest absolute Gasteiger partial charge is 0.234 e. The van der Waals surface area contributed by atoms with Gasteiger partial charge in [0.05, 0.1) is 10.6 Å². The topological polar surface area (TPSA) is 89.0 Å². The maximum absolute atomic E-state index is 12.3. The van der Waals surface area contributed by atoms with E-state index in [1.807, 2.05) is 13.8 Å². The molecule has 1 aromatic carbocycles. The predicted octanol–water partition coefficient (Wildman–Crippen LogP) is 3.44. The number of thiophene rings is 1. The summed E-state index contributed by atoms with van der Waals surface area (Å²) >= 11 is 2.95. The summed E-state index contributed by atoms with van der Waals surface area (Å²) in [6.07, 6.45) is 2.64. The Morgan fingerprint density at radius 2 is 2.04 bits per heavy atom. The van der Waals surface area contributed by atoms with E-state index in [-0.39, 0.29) is 16.6 Å². The van der Waals surface area contributed by atoms with Crippen LogP contribution in [0.1, 0.15) is 10.4 Å². The van der Waals surface area contributed by atoms with Gasteiger partial charge in [-0.3, -0.25) is 4.79 Å². The molecule has 0 bridgehead atoms. The summed E-state index contributed by atoms with van der Waals surface area (Å²) < 4.78 is 23.2. The fraction of sp³-hybridized carbons (Fsp3) is 0.235. The van der Waals surface area contributed by atoms with Crippen molar-refractivity contribution in [2.24, 2.45) is 0 Å². The minimum Gasteiger partial charge on any atom is -0.325 e. The second kappa shape index (κ2) is 7.34. The largest absolute Gasteiger partial charge is 0.325 e. The first-order valence-corrected chi connectivity index (χ1v) is 11.4. The minimum atomic E-state index is -3.32. The lowest BCUT2D eigenvalue weighted by Crippen LogP contribution is -2.14. The fourth-order valence-electron chi connectivity index (χ4n) is 2.39. The Kier molecular flexibility index (Phi) is 5.31. The van der Waals surface area contributed by atoms with Crippen LogP contribution in [0.5, 0.6) is 0 Å². The molecule has 0 fully saturated rings. The zero-order chi connectivity index (χ0) is 18.9. The third kappa shape index (κ3) is 4.05. The Hall–Kier alpha value is -1.97. The second-order valence-corrected chi connectivity index (χ2v) is 9.96. The number of aryl methyl sites for hydroxylation is 2. The van der Waals surface area contributed by atoms with Gasteiger partial charge in [-0.1, -0.05) is 17.8 Å². The van der Waals surface area contributed by atoms with E-state index >= 15 is 0 Å². The lowest BCUT2D eigenvalue weighted by atomic mass is 10.2. The van der Waals surface area contributed by atoms with Gasteiger partial charge in [-0.25, -0.2) is 18.4 Å². The third-order valence-corrected chi connectivity index (χ3v) is 7.03. The van der Waals surface area contributed by atoms with Crippen LogP contribution < -0.4 is 5.32 Å². The Balaban J connectivity index is 1.72. The van der Waals surface area contributed by atoms with Crippen molar-refractivity contribution in [3.05, 3.63) is 41.0 Å². The van der Waals surface area contributed by atoms with Crippen LogP contribution >= 0.6 is 23.1 Å². The van der Waals surface area contributed by atoms with Crippen LogP contribution in [0.3, 0.4) is 0 Å². The standard InChI is InChI=1S/C17H17N3O3S3/c1-10-11(2)25-17-15(10)16(18-9-19-17)24-8-14(21)20-12-5-4-6-13(7-12)26(3,22)23/h4-7,9H,8H2,1-3H3,(H,20,21). The van der Waals surface area contributed by atoms with Gasteiger partial charge in [-0.15, -0.1) is 11.3 Å². The van der Waals surface area contributed by atoms with Crippen molar-refractivity contribution in [3.63, 3.8) is 0 Å². The van der Waals surface area contributed by atoms with Gasteiger partial charge in [-0.05, 0) is 37.6 Å². The summed E-state index contributed by atoms with van der Waals surface area (Å²) in [6, 6.07) is 6.21. The molecule has 2 heterocycles. The van der Waals surface area contributed by atoms with Crippen molar-refractivity contribution in [3.8, 4) is 0 Å². The highest BCUT2D eigenvalue weighted by molar-refractivity contribution is 8.00. The van der Waals surface area contributed by atoms with Crippen molar-refractivity contribution in [1.82, 2.24) is 9.97 Å². The normalized spacial score (nSPS) is 11.7. The molecule has 0 saturated heterocycles. The predicted molar refractivity (Wildman–Crippen MR) is 106 cm³/mol. The number of carbonyl (C=O) groups excluding carboxylic acids is 1. The van der Waals surface area contributed by atoms with E-state index in [1.54, 1.807) is 23.5 Å². The van der Waals surface area contributed by atoms with Crippen LogP contribution in [-0.4, -0.2) is 36.3 Å². The van der Waals surface area contributed by atoms with Gasteiger partial charge in [0.2, 0.25) is 5.91 Å². The minimum absolute atomic E-state index is 0.170. The second-order valence-electron chi connectivity index (χ2n) is 5.78. The maximum Gasteiger partial charge on any atom is 0.234 e. The van der Waals surface area contributed by atoms with E-state index in [1.165, 1.54) is 35.1 Å². The fourth-order valence-corrected chi connectivity index (χ4v) is 4.98. The number of hydrogen-bond donors (Lipinski definition) is 1. The average molecular weight is 408 g/mol. The van der Waals surface area contributed by atoms with E-state index in [0.29, 0.717) is 5.69 Å². The molecule has 9 heteroatoms. The van der Waals surface area contributed by atoms with E-state index in [2.05, 4.69) is 15.3 Å². The van der Waals surface area contributed by atoms with Gasteiger partial charge in [0.1, 0.15) is 16.2 Å². The van der Waals surface area contributed by atoms with Crippen LogP contribution in [0, 0.1) is 13.8 Å². The summed E-state index contributed by atoms with van der Waals surface area (Å²) in [5.74, 6) is -0.0548. The number of nitrogens with one attached hydrogen (secondary N) is 1. The van der Waals surface area contributed by atoms with E-state index in [0.717, 1.165) is 27.1 Å². The molecule has 0 aliphatic rings. The van der Waals surface area contributed by atoms with Gasteiger partial charge >= 0.3 is 0 Å². The number of amides is 1. The van der Waals surface area contributed by atoms with Crippen LogP contribution in [0.2, 0.25) is 0 Å². The monoisotopic (exact) mass is 407 g/mol. The lowest BCUT2D eigenvalue weighted by molar-refractivity contribution is -0.113. The molecule has 0 saturated carbocycles. The summed E-state index contributed by atoms with van der Waals surface area (Å²) in [5.41, 5.74) is 1.59. The molecule has 0 radical (unpaired) electrons. The van der Waals surface area contributed by atoms with Crippen LogP contribution in [-0.2, 0) is 14.6 Å². The zero-order valence-electron chi connectivity index (χ0n) is 14.4. The molecule has 136 valence electrons. The summed E-state index contributed by atoms with van der Waals surface area (Å²) in [5, 5.41) is 4.49. The SMILES string of the molecule is Cc1sc2ncnc(SCC(=O)Nc3cccc(S(C)(=O)=O)c3)c2c1C. The number of hydrogen-bond acceptors (Lipinski definition) is 7. The number of sulfone groups is 1. The van der Waals surface area contributed by atoms with Gasteiger partial charge < -0.3 is 5.32 Å². The number of carbonyl (C=O) groups is 1. The molecule has 1 amide bonds. The molecular formula is C17H17N3O3S3. The molecule has 0 atom stereocenters. The zero-order valence-corrected chi connectivity index (χ0v) is 16.9. The highest BCUT2D eigenvalue weighted by Crippen LogP contribution is 2.34. The Morgan fingerprint density at radius 3 is 2.77 bits per heavy atom. The third-order valence-electron chi connectivity index (χ3n) is 3.82. The summed E-state index contributed by atoms with van der Waals surface area (Å²) in [6.45, 7) is 4.07. The molecule has 26 heavy (non-hydrogen) atoms. The quantitative estimate of drug-likeness (QED) is 0.515. The van der Waals surface area contributed by atoms with Crippen LogP contribution in [0.4, 0.5) is 5.69 Å². The maximum atomic E-state index is 12.3. The average Bonchev–Trinajstić information content (AvgIpc) is 2.87. The number of nitrogens with zero attached hydrogens (tertiary/aromatic N) is 2. The highest BCUT2D eigenvalue weighted by atomic mass is 32.2. The number of benzene rings is 1. The molecule has 3 rings (SSSR count). The first-order chi connectivity index (χ1) is 12.3. The molecular weight excluding hydrogens is 390 g/mol. The molecule has 0 aliphatic carbocycles. The van der Waals surface area contributed by atoms with Crippen LogP contribution in [0.25, 0.3) is 10.2 Å². The van der Waals surface area contributed by atoms with E-state index in [4.69, 9.17) is 0 Å². The first-order valence-electron chi connectivity index (χ1n) is 7.69. The number of aromatic nitrogens is 2. The lowest BCUT2D eigenvalue weighted by Gasteiger charge is -2.07. The Bertz CT molecular complexity index is 1090. The number of fused-ring (bicyclic) bond motifs is 1. The van der Waals surface area contributed by atoms with Crippen molar-refractivity contribution < 1.29 is 13.2 Å². The van der Waals surface area contributed by atoms with Crippen molar-refractivity contribution in [2.75, 3.05) is 17.3 Å². The molecule has 1 N–H and O–H groups in total. The summed E-state index contributed by atoms with van der Waals surface area (Å²) in [4.78, 5) is 23.1. The molecule has 2 aromatic heterocycles. The molecule has 0 unspecified atom stereocenters. The summed E-state index contributed by atoms with van der Waals surface area (Å²) in [7, 11) is -3.32. The molecule has 0 aliphatic heterocycles. The van der Waals surface area contributed by atoms with E-state index < -0.39 is 9.84 Å². The van der Waals surface area contributed by atoms with Gasteiger partial charge in [0, 0.05) is 22.2 Å². The van der Waals surface area contributed by atoms with E-state index in [9.17, 15) is 13.2 Å². The number of rotatable bonds is 5. The number of thioether (sulfide) groups is 1. The Morgan fingerprint density at radius 1 is 1.27 bits per heavy atom. The van der Waals surface area contributed by atoms with Crippen molar-refractivity contribution in [2.45, 2.75) is 23.8 Å². The molecule has 3 aromatic rings. The van der Waals surface area contributed by atoms with Crippen LogP contribution in [0.15, 0.2) is 40.5 Å². The van der Waals surface area contributed by atoms with Crippen molar-refractivity contribution in [1.29, 1.82) is 0 Å². The van der Waals surface area contributed by atoms with Gasteiger partial charge in [-0.2, -0.15) is 0 Å².